The summed E-state index contributed by atoms with van der Waals surface area (Å²) in [5.74, 6) is 0.925. The molecule has 0 aromatic carbocycles. The SMILES string of the molecule is Cc1cnc2ccc(-c3c(N4CCOC[C@H]4C)nc(N)n4nc(Cc5ncccc5F)nc34)cn12. The number of pyridine rings is 2. The van der Waals surface area contributed by atoms with Gasteiger partial charge >= 0.3 is 0 Å². The third kappa shape index (κ3) is 3.64. The highest BCUT2D eigenvalue weighted by molar-refractivity contribution is 5.88. The number of ether oxygens (including phenoxy) is 1. The van der Waals surface area contributed by atoms with Crippen molar-refractivity contribution in [3.8, 4) is 11.1 Å². The second-order valence-electron chi connectivity index (χ2n) is 8.70. The van der Waals surface area contributed by atoms with E-state index in [4.69, 9.17) is 20.4 Å². The predicted molar refractivity (Wildman–Crippen MR) is 129 cm³/mol. The number of nitrogens with two attached hydrogens (primary N) is 1. The van der Waals surface area contributed by atoms with E-state index in [1.165, 1.54) is 10.6 Å². The lowest BCUT2D eigenvalue weighted by atomic mass is 10.1. The second-order valence-corrected chi connectivity index (χ2v) is 8.70. The first-order valence-corrected chi connectivity index (χ1v) is 11.4. The summed E-state index contributed by atoms with van der Waals surface area (Å²) in [5, 5.41) is 4.56. The number of anilines is 2. The Morgan fingerprint density at radius 1 is 1.20 bits per heavy atom. The van der Waals surface area contributed by atoms with Crippen LogP contribution in [0.15, 0.2) is 42.9 Å². The average Bonchev–Trinajstić information content (AvgIpc) is 3.44. The number of imidazole rings is 1. The minimum atomic E-state index is -0.401. The molecular formula is C24H24FN9O. The first-order chi connectivity index (χ1) is 17.0. The van der Waals surface area contributed by atoms with Crippen molar-refractivity contribution in [1.29, 1.82) is 0 Å². The Kier molecular flexibility index (Phi) is 5.06. The zero-order valence-corrected chi connectivity index (χ0v) is 19.4. The van der Waals surface area contributed by atoms with Crippen molar-refractivity contribution < 1.29 is 9.13 Å². The van der Waals surface area contributed by atoms with Crippen LogP contribution in [-0.4, -0.2) is 59.8 Å². The first-order valence-electron chi connectivity index (χ1n) is 11.4. The fourth-order valence-electron chi connectivity index (χ4n) is 4.52. The molecule has 0 bridgehead atoms. The Balaban J connectivity index is 1.58. The van der Waals surface area contributed by atoms with Gasteiger partial charge in [0, 0.05) is 36.4 Å². The number of nitrogens with zero attached hydrogens (tertiary/aromatic N) is 8. The third-order valence-corrected chi connectivity index (χ3v) is 6.31. The molecular weight excluding hydrogens is 449 g/mol. The first kappa shape index (κ1) is 21.4. The van der Waals surface area contributed by atoms with Crippen molar-refractivity contribution in [2.24, 2.45) is 0 Å². The van der Waals surface area contributed by atoms with Gasteiger partial charge in [-0.25, -0.2) is 14.4 Å². The smallest absolute Gasteiger partial charge is 0.225 e. The molecule has 5 aromatic heterocycles. The molecule has 11 heteroatoms. The summed E-state index contributed by atoms with van der Waals surface area (Å²) in [6.07, 6.45) is 5.54. The molecule has 1 aliphatic rings. The van der Waals surface area contributed by atoms with Gasteiger partial charge in [0.25, 0.3) is 0 Å². The quantitative estimate of drug-likeness (QED) is 0.424. The molecule has 178 valence electrons. The van der Waals surface area contributed by atoms with Crippen LogP contribution in [0.25, 0.3) is 22.4 Å². The largest absolute Gasteiger partial charge is 0.377 e. The summed E-state index contributed by atoms with van der Waals surface area (Å²) >= 11 is 0. The molecule has 1 atom stereocenters. The standard InChI is InChI=1S/C24H24FN9O/c1-14-11-28-20-6-5-16(12-33(14)20)21-22(32-8-9-35-13-15(32)2)30-24(26)34-23(21)29-19(31-34)10-18-17(25)4-3-7-27-18/h3-7,11-12,15H,8-10,13H2,1-2H3,(H2,26,30)/t15-/m1/s1. The van der Waals surface area contributed by atoms with Gasteiger partial charge in [0.1, 0.15) is 17.3 Å². The van der Waals surface area contributed by atoms with Gasteiger partial charge in [0.15, 0.2) is 11.5 Å². The Hall–Kier alpha value is -4.12. The number of hydrogen-bond acceptors (Lipinski definition) is 8. The summed E-state index contributed by atoms with van der Waals surface area (Å²) in [6.45, 7) is 5.94. The molecule has 10 nitrogen and oxygen atoms in total. The fraction of sp³-hybridized carbons (Fsp3) is 0.292. The van der Waals surface area contributed by atoms with Crippen LogP contribution >= 0.6 is 0 Å². The maximum atomic E-state index is 14.3. The lowest BCUT2D eigenvalue weighted by Crippen LogP contribution is -2.44. The lowest BCUT2D eigenvalue weighted by molar-refractivity contribution is 0.0986. The highest BCUT2D eigenvalue weighted by Crippen LogP contribution is 2.36. The number of halogens is 1. The Bertz CT molecular complexity index is 1560. The number of aryl methyl sites for hydroxylation is 1. The second kappa shape index (κ2) is 8.27. The van der Waals surface area contributed by atoms with E-state index < -0.39 is 5.82 Å². The zero-order valence-electron chi connectivity index (χ0n) is 19.4. The van der Waals surface area contributed by atoms with Crippen molar-refractivity contribution >= 4 is 23.1 Å². The van der Waals surface area contributed by atoms with Gasteiger partial charge in [-0.3, -0.25) is 4.98 Å². The molecule has 1 fully saturated rings. The van der Waals surface area contributed by atoms with Crippen LogP contribution in [0.2, 0.25) is 0 Å². The van der Waals surface area contributed by atoms with E-state index >= 15 is 0 Å². The summed E-state index contributed by atoms with van der Waals surface area (Å²) in [4.78, 5) is 20.3. The molecule has 0 spiro atoms. The van der Waals surface area contributed by atoms with Crippen LogP contribution < -0.4 is 10.6 Å². The molecule has 0 amide bonds. The maximum Gasteiger partial charge on any atom is 0.225 e. The molecule has 0 saturated carbocycles. The lowest BCUT2D eigenvalue weighted by Gasteiger charge is -2.35. The Labute approximate surface area is 200 Å². The van der Waals surface area contributed by atoms with Crippen molar-refractivity contribution in [3.05, 3.63) is 65.9 Å². The van der Waals surface area contributed by atoms with E-state index in [2.05, 4.69) is 26.9 Å². The number of fused-ring (bicyclic) bond motifs is 2. The molecule has 0 aliphatic carbocycles. The van der Waals surface area contributed by atoms with E-state index in [9.17, 15) is 4.39 Å². The van der Waals surface area contributed by atoms with E-state index in [0.29, 0.717) is 37.0 Å². The van der Waals surface area contributed by atoms with Crippen LogP contribution in [0.1, 0.15) is 24.1 Å². The van der Waals surface area contributed by atoms with Crippen LogP contribution in [0, 0.1) is 12.7 Å². The van der Waals surface area contributed by atoms with Gasteiger partial charge in [0.2, 0.25) is 5.95 Å². The van der Waals surface area contributed by atoms with Gasteiger partial charge < -0.3 is 19.8 Å². The van der Waals surface area contributed by atoms with Crippen molar-refractivity contribution in [2.75, 3.05) is 30.4 Å². The van der Waals surface area contributed by atoms with Crippen molar-refractivity contribution in [1.82, 2.24) is 34.0 Å². The highest BCUT2D eigenvalue weighted by Gasteiger charge is 2.28. The van der Waals surface area contributed by atoms with E-state index in [1.54, 1.807) is 12.3 Å². The molecule has 5 aromatic rings. The van der Waals surface area contributed by atoms with Crippen LogP contribution in [0.5, 0.6) is 0 Å². The normalized spacial score (nSPS) is 16.4. The molecule has 0 radical (unpaired) electrons. The van der Waals surface area contributed by atoms with E-state index in [-0.39, 0.29) is 24.1 Å². The average molecular weight is 474 g/mol. The Morgan fingerprint density at radius 3 is 2.91 bits per heavy atom. The number of aromatic nitrogens is 7. The molecule has 1 aliphatic heterocycles. The summed E-state index contributed by atoms with van der Waals surface area (Å²) in [7, 11) is 0. The number of morpholine rings is 1. The monoisotopic (exact) mass is 473 g/mol. The summed E-state index contributed by atoms with van der Waals surface area (Å²) < 4.78 is 23.5. The van der Waals surface area contributed by atoms with Crippen molar-refractivity contribution in [2.45, 2.75) is 26.3 Å². The number of hydrogen-bond donors (Lipinski definition) is 1. The van der Waals surface area contributed by atoms with E-state index in [1.807, 2.05) is 35.9 Å². The molecule has 1 saturated heterocycles. The summed E-state index contributed by atoms with van der Waals surface area (Å²) in [5.41, 5.74) is 10.7. The third-order valence-electron chi connectivity index (χ3n) is 6.31. The molecule has 35 heavy (non-hydrogen) atoms. The van der Waals surface area contributed by atoms with Gasteiger partial charge in [-0.2, -0.15) is 9.50 Å². The number of nitrogen functional groups attached to an aromatic ring is 1. The zero-order chi connectivity index (χ0) is 24.1. The predicted octanol–water partition coefficient (Wildman–Crippen LogP) is 2.68. The Morgan fingerprint density at radius 2 is 2.09 bits per heavy atom. The number of rotatable bonds is 4. The fourth-order valence-corrected chi connectivity index (χ4v) is 4.52. The van der Waals surface area contributed by atoms with Gasteiger partial charge in [-0.05, 0) is 38.1 Å². The van der Waals surface area contributed by atoms with Crippen LogP contribution in [-0.2, 0) is 11.2 Å². The van der Waals surface area contributed by atoms with Crippen LogP contribution in [0.4, 0.5) is 16.2 Å². The van der Waals surface area contributed by atoms with Crippen molar-refractivity contribution in [3.63, 3.8) is 0 Å². The maximum absolute atomic E-state index is 14.3. The minimum Gasteiger partial charge on any atom is -0.377 e. The molecule has 0 unspecified atom stereocenters. The molecule has 6 heterocycles. The topological polar surface area (TPSA) is 112 Å². The minimum absolute atomic E-state index is 0.0977. The molecule has 2 N–H and O–H groups in total. The van der Waals surface area contributed by atoms with Gasteiger partial charge in [-0.15, -0.1) is 5.10 Å². The van der Waals surface area contributed by atoms with Gasteiger partial charge in [0.05, 0.1) is 36.9 Å². The molecule has 6 rings (SSSR count). The van der Waals surface area contributed by atoms with Gasteiger partial charge in [-0.1, -0.05) is 0 Å². The highest BCUT2D eigenvalue weighted by atomic mass is 19.1. The van der Waals surface area contributed by atoms with Crippen LogP contribution in [0.3, 0.4) is 0 Å². The summed E-state index contributed by atoms with van der Waals surface area (Å²) in [6, 6.07) is 6.99. The van der Waals surface area contributed by atoms with E-state index in [0.717, 1.165) is 22.5 Å².